The number of rotatable bonds is 6. The molecule has 1 amide bonds. The lowest BCUT2D eigenvalue weighted by Gasteiger charge is -2.14. The third-order valence-electron chi connectivity index (χ3n) is 2.03. The Morgan fingerprint density at radius 2 is 2.20 bits per heavy atom. The Labute approximate surface area is 94.5 Å². The first-order valence-electron chi connectivity index (χ1n) is 4.77. The highest BCUT2D eigenvalue weighted by Crippen LogP contribution is 2.03. The summed E-state index contributed by atoms with van der Waals surface area (Å²) in [5.74, 6) is 0.557. The fourth-order valence-electron chi connectivity index (χ4n) is 0.992. The molecule has 0 aliphatic rings. The van der Waals surface area contributed by atoms with Gasteiger partial charge in [0.15, 0.2) is 5.84 Å². The first-order chi connectivity index (χ1) is 7.02. The highest BCUT2D eigenvalue weighted by Gasteiger charge is 2.17. The molecule has 0 heterocycles. The summed E-state index contributed by atoms with van der Waals surface area (Å²) in [5.41, 5.74) is 5.32. The Kier molecular flexibility index (Phi) is 6.94. The molecule has 0 fully saturated rings. The standard InChI is InChI=1S/C9H19N3O2S/c1-6(5-15-3)4-11-9(13)7(2)8(10)12-14/h6-7,14H,4-5H2,1-3H3,(H2,10,12)(H,11,13). The Morgan fingerprint density at radius 3 is 2.67 bits per heavy atom. The Balaban J connectivity index is 3.93. The average molecular weight is 233 g/mol. The number of carbonyl (C=O) groups is 1. The molecule has 0 aromatic carbocycles. The Bertz CT molecular complexity index is 233. The minimum Gasteiger partial charge on any atom is -0.409 e. The van der Waals surface area contributed by atoms with E-state index in [0.29, 0.717) is 12.5 Å². The van der Waals surface area contributed by atoms with Crippen LogP contribution in [0.2, 0.25) is 0 Å². The molecule has 0 radical (unpaired) electrons. The first-order valence-corrected chi connectivity index (χ1v) is 6.16. The summed E-state index contributed by atoms with van der Waals surface area (Å²) in [6.07, 6.45) is 2.03. The van der Waals surface area contributed by atoms with E-state index in [2.05, 4.69) is 17.4 Å². The fourth-order valence-corrected chi connectivity index (χ4v) is 1.68. The molecule has 5 nitrogen and oxygen atoms in total. The van der Waals surface area contributed by atoms with Crippen molar-refractivity contribution in [3.8, 4) is 0 Å². The first kappa shape index (κ1) is 14.1. The van der Waals surface area contributed by atoms with Gasteiger partial charge in [0.2, 0.25) is 5.91 Å². The maximum absolute atomic E-state index is 11.5. The normalized spacial score (nSPS) is 15.8. The van der Waals surface area contributed by atoms with Crippen LogP contribution in [0.25, 0.3) is 0 Å². The molecule has 15 heavy (non-hydrogen) atoms. The lowest BCUT2D eigenvalue weighted by Crippen LogP contribution is -2.39. The third-order valence-corrected chi connectivity index (χ3v) is 2.93. The smallest absolute Gasteiger partial charge is 0.230 e. The zero-order valence-corrected chi connectivity index (χ0v) is 10.2. The van der Waals surface area contributed by atoms with Gasteiger partial charge >= 0.3 is 0 Å². The number of oxime groups is 1. The van der Waals surface area contributed by atoms with Crippen LogP contribution in [-0.4, -0.2) is 35.5 Å². The Hall–Kier alpha value is -0.910. The van der Waals surface area contributed by atoms with Gasteiger partial charge in [0, 0.05) is 6.54 Å². The van der Waals surface area contributed by atoms with Crippen molar-refractivity contribution < 1.29 is 10.0 Å². The van der Waals surface area contributed by atoms with Crippen molar-refractivity contribution in [3.05, 3.63) is 0 Å². The van der Waals surface area contributed by atoms with Crippen molar-refractivity contribution in [3.63, 3.8) is 0 Å². The molecule has 2 atom stereocenters. The summed E-state index contributed by atoms with van der Waals surface area (Å²) in [6, 6.07) is 0. The van der Waals surface area contributed by atoms with E-state index in [9.17, 15) is 4.79 Å². The van der Waals surface area contributed by atoms with Crippen molar-refractivity contribution in [1.82, 2.24) is 5.32 Å². The van der Waals surface area contributed by atoms with E-state index in [1.165, 1.54) is 0 Å². The fraction of sp³-hybridized carbons (Fsp3) is 0.778. The molecule has 2 unspecified atom stereocenters. The predicted octanol–water partition coefficient (Wildman–Crippen LogP) is 0.484. The summed E-state index contributed by atoms with van der Waals surface area (Å²) in [7, 11) is 0. The molecule has 4 N–H and O–H groups in total. The van der Waals surface area contributed by atoms with E-state index >= 15 is 0 Å². The molecule has 0 saturated heterocycles. The number of hydrogen-bond donors (Lipinski definition) is 3. The van der Waals surface area contributed by atoms with Crippen LogP contribution < -0.4 is 11.1 Å². The second-order valence-corrected chi connectivity index (χ2v) is 4.46. The average Bonchev–Trinajstić information content (AvgIpc) is 2.24. The molecule has 0 spiro atoms. The van der Waals surface area contributed by atoms with Gasteiger partial charge < -0.3 is 16.3 Å². The zero-order valence-electron chi connectivity index (χ0n) is 9.36. The minimum absolute atomic E-state index is 0.0648. The van der Waals surface area contributed by atoms with Crippen LogP contribution in [0, 0.1) is 11.8 Å². The number of nitrogens with two attached hydrogens (primary N) is 1. The third kappa shape index (κ3) is 5.51. The second-order valence-electron chi connectivity index (χ2n) is 3.55. The highest BCUT2D eigenvalue weighted by molar-refractivity contribution is 7.98. The lowest BCUT2D eigenvalue weighted by atomic mass is 10.1. The van der Waals surface area contributed by atoms with E-state index in [1.807, 2.05) is 6.26 Å². The van der Waals surface area contributed by atoms with E-state index in [0.717, 1.165) is 5.75 Å². The van der Waals surface area contributed by atoms with Crippen LogP contribution in [0.3, 0.4) is 0 Å². The van der Waals surface area contributed by atoms with E-state index in [4.69, 9.17) is 10.9 Å². The number of thioether (sulfide) groups is 1. The van der Waals surface area contributed by atoms with Crippen molar-refractivity contribution >= 4 is 23.5 Å². The number of amidine groups is 1. The molecule has 6 heteroatoms. The van der Waals surface area contributed by atoms with Gasteiger partial charge in [-0.2, -0.15) is 11.8 Å². The molecule has 0 aromatic heterocycles. The van der Waals surface area contributed by atoms with Gasteiger partial charge in [-0.05, 0) is 24.9 Å². The van der Waals surface area contributed by atoms with Crippen LogP contribution in [0.5, 0.6) is 0 Å². The van der Waals surface area contributed by atoms with Crippen molar-refractivity contribution in [2.24, 2.45) is 22.7 Å². The molecule has 0 aliphatic carbocycles. The van der Waals surface area contributed by atoms with Crippen molar-refractivity contribution in [2.75, 3.05) is 18.6 Å². The number of nitrogens with zero attached hydrogens (tertiary/aromatic N) is 1. The maximum Gasteiger partial charge on any atom is 0.230 e. The molecule has 0 rings (SSSR count). The predicted molar refractivity (Wildman–Crippen MR) is 63.1 cm³/mol. The number of amides is 1. The number of nitrogens with one attached hydrogen (secondary N) is 1. The highest BCUT2D eigenvalue weighted by atomic mass is 32.2. The largest absolute Gasteiger partial charge is 0.409 e. The van der Waals surface area contributed by atoms with Crippen molar-refractivity contribution in [2.45, 2.75) is 13.8 Å². The molecule has 88 valence electrons. The molecular weight excluding hydrogens is 214 g/mol. The summed E-state index contributed by atoms with van der Waals surface area (Å²) < 4.78 is 0. The van der Waals surface area contributed by atoms with Gasteiger partial charge in [0.05, 0.1) is 5.92 Å². The zero-order chi connectivity index (χ0) is 11.8. The summed E-state index contributed by atoms with van der Waals surface area (Å²) >= 11 is 1.74. The minimum atomic E-state index is -0.587. The van der Waals surface area contributed by atoms with E-state index in [1.54, 1.807) is 18.7 Å². The monoisotopic (exact) mass is 233 g/mol. The van der Waals surface area contributed by atoms with Crippen LogP contribution in [0.4, 0.5) is 0 Å². The summed E-state index contributed by atoms with van der Waals surface area (Å²) in [6.45, 7) is 4.28. The second kappa shape index (κ2) is 7.39. The molecule has 0 saturated carbocycles. The number of hydrogen-bond acceptors (Lipinski definition) is 4. The SMILES string of the molecule is CSCC(C)CNC(=O)C(C)C(N)=NO. The molecule has 0 bridgehead atoms. The van der Waals surface area contributed by atoms with E-state index in [-0.39, 0.29) is 11.7 Å². The van der Waals surface area contributed by atoms with Crippen LogP contribution in [0.15, 0.2) is 5.16 Å². The van der Waals surface area contributed by atoms with Gasteiger partial charge in [-0.3, -0.25) is 4.79 Å². The van der Waals surface area contributed by atoms with Gasteiger partial charge in [-0.1, -0.05) is 12.1 Å². The number of carbonyl (C=O) groups excluding carboxylic acids is 1. The van der Waals surface area contributed by atoms with Crippen LogP contribution >= 0.6 is 11.8 Å². The maximum atomic E-state index is 11.5. The van der Waals surface area contributed by atoms with Crippen LogP contribution in [-0.2, 0) is 4.79 Å². The summed E-state index contributed by atoms with van der Waals surface area (Å²) in [4.78, 5) is 11.5. The molecule has 0 aliphatic heterocycles. The lowest BCUT2D eigenvalue weighted by molar-refractivity contribution is -0.122. The Morgan fingerprint density at radius 1 is 1.60 bits per heavy atom. The van der Waals surface area contributed by atoms with Gasteiger partial charge in [-0.15, -0.1) is 0 Å². The van der Waals surface area contributed by atoms with E-state index < -0.39 is 5.92 Å². The quantitative estimate of drug-likeness (QED) is 0.269. The topological polar surface area (TPSA) is 87.7 Å². The van der Waals surface area contributed by atoms with Crippen LogP contribution in [0.1, 0.15) is 13.8 Å². The van der Waals surface area contributed by atoms with Gasteiger partial charge in [0.1, 0.15) is 0 Å². The molecular formula is C9H19N3O2S. The van der Waals surface area contributed by atoms with Gasteiger partial charge in [0.25, 0.3) is 0 Å². The van der Waals surface area contributed by atoms with Gasteiger partial charge in [-0.25, -0.2) is 0 Å². The molecule has 0 aromatic rings. The van der Waals surface area contributed by atoms with Crippen molar-refractivity contribution in [1.29, 1.82) is 0 Å². The summed E-state index contributed by atoms with van der Waals surface area (Å²) in [5, 5.41) is 14.0.